The van der Waals surface area contributed by atoms with E-state index in [0.29, 0.717) is 5.69 Å². The fourth-order valence-electron chi connectivity index (χ4n) is 1.03. The second kappa shape index (κ2) is 3.56. The van der Waals surface area contributed by atoms with Gasteiger partial charge < -0.3 is 4.57 Å². The summed E-state index contributed by atoms with van der Waals surface area (Å²) in [6.07, 6.45) is 1.39. The Kier molecular flexibility index (Phi) is 2.66. The van der Waals surface area contributed by atoms with Gasteiger partial charge in [-0.05, 0) is 19.1 Å². The molecule has 1 rings (SSSR count). The van der Waals surface area contributed by atoms with Gasteiger partial charge in [0.1, 0.15) is 11.8 Å². The quantitative estimate of drug-likeness (QED) is 0.709. The van der Waals surface area contributed by atoms with Gasteiger partial charge in [0, 0.05) is 19.2 Å². The molecule has 0 radical (unpaired) electrons. The molecule has 0 N–H and O–H groups in total. The summed E-state index contributed by atoms with van der Waals surface area (Å²) in [6, 6.07) is 5.21. The summed E-state index contributed by atoms with van der Waals surface area (Å²) in [4.78, 5) is 0. The molecule has 0 fully saturated rings. The number of aromatic nitrogens is 1. The Hall–Kier alpha value is -1.37. The Bertz CT molecular complexity index is 317. The third-order valence-electron chi connectivity index (χ3n) is 1.74. The maximum Gasteiger partial charge on any atom is 0.247 e. The van der Waals surface area contributed by atoms with Crippen LogP contribution in [0.4, 0.5) is 8.78 Å². The van der Waals surface area contributed by atoms with Crippen LogP contribution < -0.4 is 0 Å². The van der Waals surface area contributed by atoms with Gasteiger partial charge in [0.05, 0.1) is 0 Å². The highest BCUT2D eigenvalue weighted by molar-refractivity contribution is 5.21. The van der Waals surface area contributed by atoms with Crippen molar-refractivity contribution in [3.8, 4) is 6.07 Å². The maximum absolute atomic E-state index is 12.5. The summed E-state index contributed by atoms with van der Waals surface area (Å²) in [5.41, 5.74) is 0.421. The lowest BCUT2D eigenvalue weighted by molar-refractivity contribution is 0.00867. The molecule has 0 aliphatic heterocycles. The van der Waals surface area contributed by atoms with Gasteiger partial charge in [0.2, 0.25) is 5.92 Å². The third kappa shape index (κ3) is 2.86. The molecular weight excluding hydrogens is 174 g/mol. The Morgan fingerprint density at radius 2 is 2.31 bits per heavy atom. The molecule has 1 aromatic rings. The molecule has 0 saturated carbocycles. The van der Waals surface area contributed by atoms with Crippen LogP contribution in [-0.2, 0) is 6.54 Å². The average molecular weight is 184 g/mol. The molecule has 0 saturated heterocycles. The molecule has 0 bridgehead atoms. The minimum absolute atomic E-state index is 0.180. The van der Waals surface area contributed by atoms with E-state index in [1.807, 2.05) is 6.07 Å². The molecule has 0 amide bonds. The van der Waals surface area contributed by atoms with E-state index in [-0.39, 0.29) is 13.0 Å². The summed E-state index contributed by atoms with van der Waals surface area (Å²) < 4.78 is 26.4. The number of nitriles is 1. The zero-order valence-corrected chi connectivity index (χ0v) is 7.30. The highest BCUT2D eigenvalue weighted by Gasteiger charge is 2.20. The predicted molar refractivity (Wildman–Crippen MR) is 44.4 cm³/mol. The van der Waals surface area contributed by atoms with Crippen molar-refractivity contribution in [2.45, 2.75) is 25.8 Å². The molecule has 0 aliphatic rings. The topological polar surface area (TPSA) is 28.7 Å². The fourth-order valence-corrected chi connectivity index (χ4v) is 1.03. The average Bonchev–Trinajstić information content (AvgIpc) is 2.46. The number of hydrogen-bond donors (Lipinski definition) is 0. The van der Waals surface area contributed by atoms with Crippen LogP contribution in [0.5, 0.6) is 0 Å². The summed E-state index contributed by atoms with van der Waals surface area (Å²) in [5.74, 6) is -2.67. The van der Waals surface area contributed by atoms with Crippen LogP contribution in [0.3, 0.4) is 0 Å². The van der Waals surface area contributed by atoms with E-state index in [2.05, 4.69) is 0 Å². The Balaban J connectivity index is 2.61. The van der Waals surface area contributed by atoms with E-state index in [1.54, 1.807) is 18.3 Å². The van der Waals surface area contributed by atoms with Gasteiger partial charge in [-0.2, -0.15) is 5.26 Å². The van der Waals surface area contributed by atoms with Crippen LogP contribution in [0.2, 0.25) is 0 Å². The summed E-state index contributed by atoms with van der Waals surface area (Å²) in [5, 5.41) is 8.58. The van der Waals surface area contributed by atoms with Crippen molar-refractivity contribution in [2.24, 2.45) is 0 Å². The molecule has 1 aromatic heterocycles. The second-order valence-corrected chi connectivity index (χ2v) is 3.02. The van der Waals surface area contributed by atoms with E-state index in [0.717, 1.165) is 6.92 Å². The molecule has 0 spiro atoms. The highest BCUT2D eigenvalue weighted by atomic mass is 19.3. The number of halogens is 2. The van der Waals surface area contributed by atoms with Crippen molar-refractivity contribution in [1.82, 2.24) is 4.57 Å². The van der Waals surface area contributed by atoms with E-state index in [9.17, 15) is 8.78 Å². The van der Waals surface area contributed by atoms with Crippen LogP contribution in [0.1, 0.15) is 19.0 Å². The van der Waals surface area contributed by atoms with Gasteiger partial charge >= 0.3 is 0 Å². The van der Waals surface area contributed by atoms with Crippen LogP contribution in [0.25, 0.3) is 0 Å². The van der Waals surface area contributed by atoms with Crippen LogP contribution in [-0.4, -0.2) is 10.5 Å². The van der Waals surface area contributed by atoms with E-state index in [4.69, 9.17) is 5.26 Å². The van der Waals surface area contributed by atoms with Crippen LogP contribution >= 0.6 is 0 Å². The van der Waals surface area contributed by atoms with Crippen molar-refractivity contribution in [1.29, 1.82) is 5.26 Å². The van der Waals surface area contributed by atoms with Crippen molar-refractivity contribution >= 4 is 0 Å². The predicted octanol–water partition coefficient (Wildman–Crippen LogP) is 2.41. The standard InChI is InChI=1S/C9H10F2N2/c1-9(10,11)4-6-13-5-2-3-8(13)7-12/h2-3,5H,4,6H2,1H3. The number of rotatable bonds is 3. The molecule has 0 atom stereocenters. The van der Waals surface area contributed by atoms with Crippen molar-refractivity contribution in [2.75, 3.05) is 0 Å². The van der Waals surface area contributed by atoms with E-state index < -0.39 is 5.92 Å². The van der Waals surface area contributed by atoms with Gasteiger partial charge in [-0.1, -0.05) is 0 Å². The zero-order valence-electron chi connectivity index (χ0n) is 7.30. The normalized spacial score (nSPS) is 11.2. The Morgan fingerprint density at radius 1 is 1.62 bits per heavy atom. The molecule has 70 valence electrons. The van der Waals surface area contributed by atoms with Gasteiger partial charge in [0.15, 0.2) is 0 Å². The molecule has 4 heteroatoms. The summed E-state index contributed by atoms with van der Waals surface area (Å²) in [6.45, 7) is 1.06. The first-order valence-electron chi connectivity index (χ1n) is 3.96. The van der Waals surface area contributed by atoms with Gasteiger partial charge in [-0.3, -0.25) is 0 Å². The third-order valence-corrected chi connectivity index (χ3v) is 1.74. The molecule has 0 unspecified atom stereocenters. The molecular formula is C9H10F2N2. The number of nitrogens with zero attached hydrogens (tertiary/aromatic N) is 2. The molecule has 1 heterocycles. The van der Waals surface area contributed by atoms with Crippen molar-refractivity contribution in [3.63, 3.8) is 0 Å². The Morgan fingerprint density at radius 3 is 2.85 bits per heavy atom. The minimum atomic E-state index is -2.67. The first-order chi connectivity index (χ1) is 6.03. The molecule has 0 aromatic carbocycles. The Labute approximate surface area is 75.4 Å². The minimum Gasteiger partial charge on any atom is -0.339 e. The SMILES string of the molecule is CC(F)(F)CCn1cccc1C#N. The molecule has 0 aliphatic carbocycles. The first kappa shape index (κ1) is 9.72. The zero-order chi connectivity index (χ0) is 9.90. The van der Waals surface area contributed by atoms with Gasteiger partial charge in [-0.15, -0.1) is 0 Å². The summed E-state index contributed by atoms with van der Waals surface area (Å²) in [7, 11) is 0. The lowest BCUT2D eigenvalue weighted by atomic mass is 10.2. The number of hydrogen-bond acceptors (Lipinski definition) is 1. The first-order valence-corrected chi connectivity index (χ1v) is 3.96. The van der Waals surface area contributed by atoms with Gasteiger partial charge in [-0.25, -0.2) is 8.78 Å². The van der Waals surface area contributed by atoms with Crippen molar-refractivity contribution < 1.29 is 8.78 Å². The van der Waals surface area contributed by atoms with Gasteiger partial charge in [0.25, 0.3) is 0 Å². The van der Waals surface area contributed by atoms with Crippen molar-refractivity contribution in [3.05, 3.63) is 24.0 Å². The molecule has 2 nitrogen and oxygen atoms in total. The second-order valence-electron chi connectivity index (χ2n) is 3.02. The fraction of sp³-hybridized carbons (Fsp3) is 0.444. The smallest absolute Gasteiger partial charge is 0.247 e. The maximum atomic E-state index is 12.5. The van der Waals surface area contributed by atoms with E-state index in [1.165, 1.54) is 4.57 Å². The highest BCUT2D eigenvalue weighted by Crippen LogP contribution is 2.18. The molecule has 13 heavy (non-hydrogen) atoms. The summed E-state index contributed by atoms with van der Waals surface area (Å²) >= 11 is 0. The van der Waals surface area contributed by atoms with Crippen LogP contribution in [0, 0.1) is 11.3 Å². The number of aryl methyl sites for hydroxylation is 1. The monoisotopic (exact) mass is 184 g/mol. The largest absolute Gasteiger partial charge is 0.339 e. The van der Waals surface area contributed by atoms with E-state index >= 15 is 0 Å². The van der Waals surface area contributed by atoms with Crippen LogP contribution in [0.15, 0.2) is 18.3 Å². The lowest BCUT2D eigenvalue weighted by Crippen LogP contribution is -2.14. The number of alkyl halides is 2. The lowest BCUT2D eigenvalue weighted by Gasteiger charge is -2.10.